The van der Waals surface area contributed by atoms with Gasteiger partial charge in [0, 0.05) is 25.5 Å². The fourth-order valence-corrected chi connectivity index (χ4v) is 2.72. The molecule has 0 aliphatic carbocycles. The lowest BCUT2D eigenvalue weighted by atomic mass is 10.3. The van der Waals surface area contributed by atoms with Crippen LogP contribution in [0.4, 0.5) is 11.6 Å². The second kappa shape index (κ2) is 2.05. The topological polar surface area (TPSA) is 13.1 Å². The van der Waals surface area contributed by atoms with Crippen molar-refractivity contribution in [2.24, 2.45) is 0 Å². The summed E-state index contributed by atoms with van der Waals surface area (Å²) in [7, 11) is 0. The van der Waals surface area contributed by atoms with Crippen LogP contribution < -0.4 is 4.90 Å². The van der Waals surface area contributed by atoms with E-state index in [1.54, 1.807) is 0 Å². The molecule has 0 fully saturated rings. The summed E-state index contributed by atoms with van der Waals surface area (Å²) in [5, 5.41) is 0. The van der Waals surface area contributed by atoms with Gasteiger partial charge in [0.25, 0.3) is 0 Å². The van der Waals surface area contributed by atoms with Gasteiger partial charge in [-0.15, -0.1) is 0 Å². The molecule has 2 aromatic rings. The highest BCUT2D eigenvalue weighted by molar-refractivity contribution is 5.63. The monoisotopic (exact) mass is 185 g/mol. The fraction of sp³-hybridized carbons (Fsp3) is 0.273. The van der Waals surface area contributed by atoms with Crippen molar-refractivity contribution in [2.45, 2.75) is 19.1 Å². The van der Waals surface area contributed by atoms with E-state index in [0.29, 0.717) is 6.04 Å². The molecule has 14 heavy (non-hydrogen) atoms. The van der Waals surface area contributed by atoms with E-state index in [1.807, 2.05) is 0 Å². The average Bonchev–Trinajstić information content (AvgIpc) is 2.77. The number of aromatic nitrogens is 2. The minimum absolute atomic E-state index is 0.641. The number of hydrogen-bond acceptors (Lipinski definition) is 1. The first-order valence-corrected chi connectivity index (χ1v) is 5.03. The first-order chi connectivity index (χ1) is 6.93. The minimum atomic E-state index is 0.641. The highest BCUT2D eigenvalue weighted by Crippen LogP contribution is 2.39. The Balaban J connectivity index is 1.95. The Morgan fingerprint density at radius 3 is 2.07 bits per heavy atom. The van der Waals surface area contributed by atoms with E-state index in [2.05, 4.69) is 50.7 Å². The van der Waals surface area contributed by atoms with Crippen molar-refractivity contribution in [3.05, 3.63) is 36.7 Å². The molecule has 0 amide bonds. The van der Waals surface area contributed by atoms with E-state index in [4.69, 9.17) is 0 Å². The Kier molecular flexibility index (Phi) is 0.992. The van der Waals surface area contributed by atoms with Crippen LogP contribution in [0.1, 0.15) is 0 Å². The highest BCUT2D eigenvalue weighted by atomic mass is 15.4. The molecule has 0 bridgehead atoms. The van der Waals surface area contributed by atoms with Crippen LogP contribution in [0, 0.1) is 0 Å². The van der Waals surface area contributed by atoms with Crippen molar-refractivity contribution in [1.82, 2.24) is 9.13 Å². The molecule has 0 radical (unpaired) electrons. The Labute approximate surface area is 82.2 Å². The van der Waals surface area contributed by atoms with Gasteiger partial charge in [-0.05, 0) is 24.3 Å². The average molecular weight is 185 g/mol. The molecule has 3 heteroatoms. The molecular formula is C11H11N3. The smallest absolute Gasteiger partial charge is 0.114 e. The maximum atomic E-state index is 2.44. The molecule has 0 saturated heterocycles. The van der Waals surface area contributed by atoms with Crippen LogP contribution in [0.2, 0.25) is 0 Å². The fourth-order valence-electron chi connectivity index (χ4n) is 2.72. The quantitative estimate of drug-likeness (QED) is 0.610. The van der Waals surface area contributed by atoms with Crippen molar-refractivity contribution < 1.29 is 0 Å². The third-order valence-electron chi connectivity index (χ3n) is 3.28. The number of anilines is 2. The zero-order chi connectivity index (χ0) is 9.12. The number of nitrogens with zero attached hydrogens (tertiary/aromatic N) is 3. The molecule has 4 rings (SSSR count). The number of fused-ring (bicyclic) bond motifs is 5. The Hall–Kier alpha value is -1.64. The molecule has 4 heterocycles. The summed E-state index contributed by atoms with van der Waals surface area (Å²) < 4.78 is 4.67. The molecule has 2 aliphatic heterocycles. The summed E-state index contributed by atoms with van der Waals surface area (Å²) in [4.78, 5) is 2.44. The summed E-state index contributed by atoms with van der Waals surface area (Å²) in [6, 6.07) is 9.28. The largest absolute Gasteiger partial charge is 0.332 e. The van der Waals surface area contributed by atoms with Crippen molar-refractivity contribution in [2.75, 3.05) is 4.90 Å². The van der Waals surface area contributed by atoms with Crippen molar-refractivity contribution in [1.29, 1.82) is 0 Å². The Morgan fingerprint density at radius 2 is 1.50 bits per heavy atom. The van der Waals surface area contributed by atoms with Gasteiger partial charge in [0.2, 0.25) is 0 Å². The molecule has 2 aliphatic rings. The SMILES string of the molecule is c1cc2n(c1)CC1Cn3cccc3N21. The van der Waals surface area contributed by atoms with Crippen molar-refractivity contribution in [3.63, 3.8) is 0 Å². The Bertz CT molecular complexity index is 450. The van der Waals surface area contributed by atoms with E-state index < -0.39 is 0 Å². The van der Waals surface area contributed by atoms with Gasteiger partial charge < -0.3 is 14.0 Å². The second-order valence-electron chi connectivity index (χ2n) is 4.06. The molecular weight excluding hydrogens is 174 g/mol. The minimum Gasteiger partial charge on any atom is -0.332 e. The van der Waals surface area contributed by atoms with Gasteiger partial charge in [0.05, 0.1) is 6.04 Å². The predicted octanol–water partition coefficient (Wildman–Crippen LogP) is 1.82. The molecule has 3 nitrogen and oxygen atoms in total. The maximum absolute atomic E-state index is 2.44. The van der Waals surface area contributed by atoms with Crippen LogP contribution in [0.15, 0.2) is 36.7 Å². The maximum Gasteiger partial charge on any atom is 0.114 e. The predicted molar refractivity (Wildman–Crippen MR) is 54.8 cm³/mol. The van der Waals surface area contributed by atoms with Crippen LogP contribution >= 0.6 is 0 Å². The second-order valence-corrected chi connectivity index (χ2v) is 4.06. The van der Waals surface area contributed by atoms with Crippen LogP contribution in [0.3, 0.4) is 0 Å². The van der Waals surface area contributed by atoms with Crippen LogP contribution in [0.25, 0.3) is 0 Å². The van der Waals surface area contributed by atoms with Gasteiger partial charge in [0.15, 0.2) is 0 Å². The lowest BCUT2D eigenvalue weighted by molar-refractivity contribution is 0.579. The standard InChI is InChI=1S/C11H11N3/c1-3-10-12(5-1)7-9-8-13-6-2-4-11(13)14(9)10/h1-6,9H,7-8H2. The van der Waals surface area contributed by atoms with E-state index in [9.17, 15) is 0 Å². The van der Waals surface area contributed by atoms with E-state index >= 15 is 0 Å². The third kappa shape index (κ3) is 0.617. The number of hydrogen-bond donors (Lipinski definition) is 0. The zero-order valence-electron chi connectivity index (χ0n) is 7.80. The molecule has 0 saturated carbocycles. The lowest BCUT2D eigenvalue weighted by Crippen LogP contribution is -2.23. The Morgan fingerprint density at radius 1 is 0.929 bits per heavy atom. The van der Waals surface area contributed by atoms with E-state index in [1.165, 1.54) is 11.6 Å². The molecule has 70 valence electrons. The van der Waals surface area contributed by atoms with Crippen LogP contribution in [0.5, 0.6) is 0 Å². The normalized spacial score (nSPS) is 18.4. The van der Waals surface area contributed by atoms with Gasteiger partial charge in [-0.2, -0.15) is 0 Å². The molecule has 0 spiro atoms. The van der Waals surface area contributed by atoms with Crippen LogP contribution in [-0.4, -0.2) is 15.2 Å². The summed E-state index contributed by atoms with van der Waals surface area (Å²) in [6.07, 6.45) is 4.34. The van der Waals surface area contributed by atoms with Gasteiger partial charge in [0.1, 0.15) is 11.6 Å². The number of rotatable bonds is 0. The molecule has 0 N–H and O–H groups in total. The highest BCUT2D eigenvalue weighted by Gasteiger charge is 2.36. The third-order valence-corrected chi connectivity index (χ3v) is 3.28. The molecule has 0 aromatic carbocycles. The van der Waals surface area contributed by atoms with Gasteiger partial charge in [-0.1, -0.05) is 0 Å². The summed E-state index contributed by atoms with van der Waals surface area (Å²) in [6.45, 7) is 2.26. The lowest BCUT2D eigenvalue weighted by Gasteiger charge is -2.15. The van der Waals surface area contributed by atoms with Crippen molar-refractivity contribution >= 4 is 11.6 Å². The van der Waals surface area contributed by atoms with Crippen LogP contribution in [-0.2, 0) is 13.1 Å². The van der Waals surface area contributed by atoms with Gasteiger partial charge in [-0.25, -0.2) is 0 Å². The van der Waals surface area contributed by atoms with E-state index in [-0.39, 0.29) is 0 Å². The van der Waals surface area contributed by atoms with Gasteiger partial charge in [-0.3, -0.25) is 0 Å². The summed E-state index contributed by atoms with van der Waals surface area (Å²) >= 11 is 0. The molecule has 0 atom stereocenters. The first-order valence-electron chi connectivity index (χ1n) is 5.03. The summed E-state index contributed by atoms with van der Waals surface area (Å²) in [5.74, 6) is 2.68. The molecule has 2 aromatic heterocycles. The summed E-state index contributed by atoms with van der Waals surface area (Å²) in [5.41, 5.74) is 0. The van der Waals surface area contributed by atoms with Crippen molar-refractivity contribution in [3.8, 4) is 0 Å². The van der Waals surface area contributed by atoms with Gasteiger partial charge >= 0.3 is 0 Å². The van der Waals surface area contributed by atoms with E-state index in [0.717, 1.165) is 13.1 Å². The molecule has 0 unspecified atom stereocenters. The first kappa shape index (κ1) is 6.76. The zero-order valence-corrected chi connectivity index (χ0v) is 7.80.